The molecule has 1 heterocycles. The number of aryl methyl sites for hydroxylation is 1. The van der Waals surface area contributed by atoms with Gasteiger partial charge in [-0.05, 0) is 53.3 Å². The molecule has 0 aliphatic carbocycles. The number of carbonyl (C=O) groups excluding carboxylic acids is 1. The lowest BCUT2D eigenvalue weighted by atomic mass is 9.81. The molecule has 0 saturated carbocycles. The Labute approximate surface area is 159 Å². The fourth-order valence-electron chi connectivity index (χ4n) is 3.14. The van der Waals surface area contributed by atoms with Crippen LogP contribution in [0.2, 0.25) is 0 Å². The molecule has 0 fully saturated rings. The van der Waals surface area contributed by atoms with Crippen LogP contribution in [0, 0.1) is 0 Å². The van der Waals surface area contributed by atoms with E-state index in [0.29, 0.717) is 17.3 Å². The fraction of sp³-hybridized carbons (Fsp3) is 0.318. The van der Waals surface area contributed by atoms with E-state index in [-0.39, 0.29) is 5.41 Å². The van der Waals surface area contributed by atoms with Gasteiger partial charge in [-0.1, -0.05) is 51.4 Å². The Bertz CT molecular complexity index is 950. The van der Waals surface area contributed by atoms with Gasteiger partial charge in [0.25, 0.3) is 5.89 Å². The predicted molar refractivity (Wildman–Crippen MR) is 106 cm³/mol. The van der Waals surface area contributed by atoms with Crippen molar-refractivity contribution in [2.75, 3.05) is 0 Å². The van der Waals surface area contributed by atoms with Crippen molar-refractivity contribution in [1.82, 2.24) is 10.1 Å². The molecule has 1 aromatic heterocycles. The average molecular weight is 363 g/mol. The topological polar surface area (TPSA) is 82.0 Å². The molecule has 3 aromatic rings. The first-order valence-corrected chi connectivity index (χ1v) is 9.17. The van der Waals surface area contributed by atoms with Crippen molar-refractivity contribution in [3.8, 4) is 22.8 Å². The summed E-state index contributed by atoms with van der Waals surface area (Å²) >= 11 is 0. The molecular weight excluding hydrogens is 338 g/mol. The standard InChI is InChI=1S/C22H25N3O2/c1-5-6-14-7-12-17(13-18(14)22(2,3)4)20-24-21(27-25-20)16-10-8-15(9-11-16)19(23)26/h7-13H,5-6H2,1-4H3,(H2,23,26). The van der Waals surface area contributed by atoms with Gasteiger partial charge >= 0.3 is 0 Å². The van der Waals surface area contributed by atoms with Crippen LogP contribution in [0.3, 0.4) is 0 Å². The third-order valence-electron chi connectivity index (χ3n) is 4.54. The zero-order valence-corrected chi connectivity index (χ0v) is 16.2. The number of amides is 1. The molecule has 0 spiro atoms. The second-order valence-corrected chi connectivity index (χ2v) is 7.74. The van der Waals surface area contributed by atoms with Crippen LogP contribution >= 0.6 is 0 Å². The summed E-state index contributed by atoms with van der Waals surface area (Å²) in [5, 5.41) is 4.14. The molecule has 0 atom stereocenters. The van der Waals surface area contributed by atoms with E-state index in [9.17, 15) is 4.79 Å². The molecule has 140 valence electrons. The molecule has 0 radical (unpaired) electrons. The van der Waals surface area contributed by atoms with Crippen LogP contribution in [0.15, 0.2) is 47.0 Å². The second kappa shape index (κ2) is 7.35. The lowest BCUT2D eigenvalue weighted by Gasteiger charge is -2.23. The van der Waals surface area contributed by atoms with Crippen LogP contribution in [0.5, 0.6) is 0 Å². The first kappa shape index (κ1) is 18.8. The Morgan fingerprint density at radius 1 is 1.07 bits per heavy atom. The first-order valence-electron chi connectivity index (χ1n) is 9.17. The maximum absolute atomic E-state index is 11.2. The van der Waals surface area contributed by atoms with E-state index < -0.39 is 5.91 Å². The summed E-state index contributed by atoms with van der Waals surface area (Å²) in [7, 11) is 0. The molecule has 0 saturated heterocycles. The summed E-state index contributed by atoms with van der Waals surface area (Å²) in [5.41, 5.74) is 10.1. The molecule has 5 nitrogen and oxygen atoms in total. The highest BCUT2D eigenvalue weighted by Gasteiger charge is 2.20. The lowest BCUT2D eigenvalue weighted by Crippen LogP contribution is -2.14. The molecule has 2 N–H and O–H groups in total. The van der Waals surface area contributed by atoms with E-state index >= 15 is 0 Å². The summed E-state index contributed by atoms with van der Waals surface area (Å²) < 4.78 is 5.43. The fourth-order valence-corrected chi connectivity index (χ4v) is 3.14. The Hall–Kier alpha value is -2.95. The highest BCUT2D eigenvalue weighted by Crippen LogP contribution is 2.31. The van der Waals surface area contributed by atoms with Crippen molar-refractivity contribution in [2.24, 2.45) is 5.73 Å². The maximum atomic E-state index is 11.2. The van der Waals surface area contributed by atoms with Gasteiger partial charge < -0.3 is 10.3 Å². The summed E-state index contributed by atoms with van der Waals surface area (Å²) in [5.74, 6) is 0.503. The van der Waals surface area contributed by atoms with E-state index in [4.69, 9.17) is 10.3 Å². The van der Waals surface area contributed by atoms with Crippen LogP contribution < -0.4 is 5.73 Å². The van der Waals surface area contributed by atoms with Gasteiger partial charge in [0.05, 0.1) is 0 Å². The van der Waals surface area contributed by atoms with Gasteiger partial charge in [0, 0.05) is 16.7 Å². The third kappa shape index (κ3) is 4.08. The van der Waals surface area contributed by atoms with E-state index in [0.717, 1.165) is 24.0 Å². The van der Waals surface area contributed by atoms with Gasteiger partial charge in [-0.2, -0.15) is 4.98 Å². The number of primary amides is 1. The number of nitrogens with two attached hydrogens (primary N) is 1. The van der Waals surface area contributed by atoms with Crippen LogP contribution in [0.4, 0.5) is 0 Å². The molecule has 5 heteroatoms. The monoisotopic (exact) mass is 363 g/mol. The Balaban J connectivity index is 1.95. The van der Waals surface area contributed by atoms with Crippen molar-refractivity contribution in [2.45, 2.75) is 46.0 Å². The number of hydrogen-bond donors (Lipinski definition) is 1. The van der Waals surface area contributed by atoms with E-state index in [1.54, 1.807) is 24.3 Å². The maximum Gasteiger partial charge on any atom is 0.258 e. The van der Waals surface area contributed by atoms with Gasteiger partial charge in [0.1, 0.15) is 0 Å². The molecule has 27 heavy (non-hydrogen) atoms. The zero-order chi connectivity index (χ0) is 19.6. The van der Waals surface area contributed by atoms with Crippen molar-refractivity contribution < 1.29 is 9.32 Å². The largest absolute Gasteiger partial charge is 0.366 e. The molecule has 0 aliphatic rings. The Morgan fingerprint density at radius 3 is 2.33 bits per heavy atom. The van der Waals surface area contributed by atoms with Crippen LogP contribution in [0.1, 0.15) is 55.6 Å². The lowest BCUT2D eigenvalue weighted by molar-refractivity contribution is 0.100. The van der Waals surface area contributed by atoms with Gasteiger partial charge in [-0.15, -0.1) is 0 Å². The van der Waals surface area contributed by atoms with Crippen LogP contribution in [-0.4, -0.2) is 16.0 Å². The predicted octanol–water partition coefficient (Wildman–Crippen LogP) is 4.75. The van der Waals surface area contributed by atoms with Crippen molar-refractivity contribution >= 4 is 5.91 Å². The van der Waals surface area contributed by atoms with E-state index in [1.165, 1.54) is 11.1 Å². The quantitative estimate of drug-likeness (QED) is 0.709. The van der Waals surface area contributed by atoms with Gasteiger partial charge in [-0.25, -0.2) is 0 Å². The number of carbonyl (C=O) groups is 1. The second-order valence-electron chi connectivity index (χ2n) is 7.74. The molecule has 3 rings (SSSR count). The average Bonchev–Trinajstić information content (AvgIpc) is 3.11. The van der Waals surface area contributed by atoms with Gasteiger partial charge in [0.15, 0.2) is 0 Å². The molecule has 2 aromatic carbocycles. The minimum Gasteiger partial charge on any atom is -0.366 e. The number of rotatable bonds is 5. The summed E-state index contributed by atoms with van der Waals surface area (Å²) in [6.07, 6.45) is 2.16. The Kier molecular flexibility index (Phi) is 5.13. The van der Waals surface area contributed by atoms with Crippen molar-refractivity contribution in [3.63, 3.8) is 0 Å². The van der Waals surface area contributed by atoms with E-state index in [2.05, 4.69) is 50.0 Å². The van der Waals surface area contributed by atoms with Gasteiger partial charge in [0.2, 0.25) is 11.7 Å². The molecule has 0 aliphatic heterocycles. The highest BCUT2D eigenvalue weighted by atomic mass is 16.5. The third-order valence-corrected chi connectivity index (χ3v) is 4.54. The number of nitrogens with zero attached hydrogens (tertiary/aromatic N) is 2. The Morgan fingerprint density at radius 2 is 1.74 bits per heavy atom. The number of hydrogen-bond acceptors (Lipinski definition) is 4. The normalized spacial score (nSPS) is 11.6. The summed E-state index contributed by atoms with van der Waals surface area (Å²) in [4.78, 5) is 15.7. The SMILES string of the molecule is CCCc1ccc(-c2noc(-c3ccc(C(N)=O)cc3)n2)cc1C(C)(C)C. The summed E-state index contributed by atoms with van der Waals surface area (Å²) in [6, 6.07) is 13.2. The zero-order valence-electron chi connectivity index (χ0n) is 16.2. The summed E-state index contributed by atoms with van der Waals surface area (Å²) in [6.45, 7) is 8.84. The van der Waals surface area contributed by atoms with Crippen LogP contribution in [-0.2, 0) is 11.8 Å². The molecular formula is C22H25N3O2. The molecule has 0 bridgehead atoms. The number of aromatic nitrogens is 2. The minimum atomic E-state index is -0.463. The minimum absolute atomic E-state index is 0.0394. The molecule has 0 unspecified atom stereocenters. The van der Waals surface area contributed by atoms with Crippen LogP contribution in [0.25, 0.3) is 22.8 Å². The smallest absolute Gasteiger partial charge is 0.258 e. The van der Waals surface area contributed by atoms with Crippen molar-refractivity contribution in [3.05, 3.63) is 59.2 Å². The molecule has 1 amide bonds. The number of benzene rings is 2. The van der Waals surface area contributed by atoms with Gasteiger partial charge in [-0.3, -0.25) is 4.79 Å². The van der Waals surface area contributed by atoms with Crippen molar-refractivity contribution in [1.29, 1.82) is 0 Å². The highest BCUT2D eigenvalue weighted by molar-refractivity contribution is 5.93. The van der Waals surface area contributed by atoms with E-state index in [1.807, 2.05) is 6.07 Å². The first-order chi connectivity index (χ1) is 12.8.